The molecule has 142 valence electrons. The minimum Gasteiger partial charge on any atom is -0.493 e. The molecule has 1 heterocycles. The summed E-state index contributed by atoms with van der Waals surface area (Å²) >= 11 is 3.43. The molecule has 0 aliphatic carbocycles. The van der Waals surface area contributed by atoms with E-state index in [-0.39, 0.29) is 11.6 Å². The summed E-state index contributed by atoms with van der Waals surface area (Å²) in [6, 6.07) is 9.38. The minimum atomic E-state index is -0.147. The van der Waals surface area contributed by atoms with Gasteiger partial charge in [0.25, 0.3) is 0 Å². The fraction of sp³-hybridized carbons (Fsp3) is 0.300. The summed E-state index contributed by atoms with van der Waals surface area (Å²) in [5.74, 6) is 1.16. The molecule has 0 saturated heterocycles. The van der Waals surface area contributed by atoms with Crippen molar-refractivity contribution in [1.29, 1.82) is 0 Å². The summed E-state index contributed by atoms with van der Waals surface area (Å²) in [4.78, 5) is 11.3. The van der Waals surface area contributed by atoms with Gasteiger partial charge in [-0.05, 0) is 53.9 Å². The number of methoxy groups -OCH3 is 1. The predicted octanol–water partition coefficient (Wildman–Crippen LogP) is 5.66. The Balaban J connectivity index is 2.07. The highest BCUT2D eigenvalue weighted by Crippen LogP contribution is 2.42. The highest BCUT2D eigenvalue weighted by atomic mass is 79.9. The topological polar surface area (TPSA) is 73.0 Å². The SMILES string of the molecule is CCCOc1ccc(Cn2c(O)c(N=O)c3cc(Br)cc(C)c32)cc1OC. The van der Waals surface area contributed by atoms with E-state index in [0.717, 1.165) is 27.5 Å². The van der Waals surface area contributed by atoms with Gasteiger partial charge in [-0.3, -0.25) is 0 Å². The van der Waals surface area contributed by atoms with Gasteiger partial charge in [-0.25, -0.2) is 0 Å². The van der Waals surface area contributed by atoms with E-state index < -0.39 is 0 Å². The second-order valence-electron chi connectivity index (χ2n) is 6.30. The Labute approximate surface area is 165 Å². The Morgan fingerprint density at radius 3 is 2.67 bits per heavy atom. The molecule has 0 unspecified atom stereocenters. The lowest BCUT2D eigenvalue weighted by molar-refractivity contribution is 0.294. The average molecular weight is 433 g/mol. The van der Waals surface area contributed by atoms with Crippen molar-refractivity contribution in [2.45, 2.75) is 26.8 Å². The molecule has 0 saturated carbocycles. The zero-order valence-electron chi connectivity index (χ0n) is 15.5. The van der Waals surface area contributed by atoms with Crippen molar-refractivity contribution >= 4 is 32.5 Å². The third kappa shape index (κ3) is 3.64. The van der Waals surface area contributed by atoms with Crippen molar-refractivity contribution in [2.24, 2.45) is 5.18 Å². The molecule has 0 atom stereocenters. The summed E-state index contributed by atoms with van der Waals surface area (Å²) in [6.07, 6.45) is 0.907. The Morgan fingerprint density at radius 1 is 1.22 bits per heavy atom. The molecule has 1 N–H and O–H groups in total. The first kappa shape index (κ1) is 19.2. The van der Waals surface area contributed by atoms with E-state index in [0.29, 0.717) is 30.0 Å². The molecule has 0 amide bonds. The van der Waals surface area contributed by atoms with E-state index in [2.05, 4.69) is 21.1 Å². The van der Waals surface area contributed by atoms with Gasteiger partial charge in [0, 0.05) is 9.86 Å². The number of rotatable bonds is 7. The molecule has 0 radical (unpaired) electrons. The standard InChI is InChI=1S/C20H21BrN2O4/c1-4-7-27-16-6-5-13(9-17(16)26-3)11-23-19-12(2)8-14(21)10-15(19)18(22-25)20(23)24/h5-6,8-10,24H,4,7,11H2,1-3H3. The van der Waals surface area contributed by atoms with E-state index in [1.165, 1.54) is 0 Å². The van der Waals surface area contributed by atoms with E-state index >= 15 is 0 Å². The van der Waals surface area contributed by atoms with Crippen LogP contribution in [0.1, 0.15) is 24.5 Å². The number of nitrogens with zero attached hydrogens (tertiary/aromatic N) is 2. The van der Waals surface area contributed by atoms with Crippen LogP contribution in [0.4, 0.5) is 5.69 Å². The zero-order valence-corrected chi connectivity index (χ0v) is 17.0. The van der Waals surface area contributed by atoms with Crippen LogP contribution in [0.3, 0.4) is 0 Å². The normalized spacial score (nSPS) is 11.0. The van der Waals surface area contributed by atoms with Gasteiger partial charge >= 0.3 is 0 Å². The van der Waals surface area contributed by atoms with Crippen molar-refractivity contribution in [3.8, 4) is 17.4 Å². The second-order valence-corrected chi connectivity index (χ2v) is 7.22. The fourth-order valence-electron chi connectivity index (χ4n) is 3.20. The molecular weight excluding hydrogens is 412 g/mol. The van der Waals surface area contributed by atoms with E-state index in [1.54, 1.807) is 17.7 Å². The molecule has 0 aliphatic heterocycles. The Hall–Kier alpha value is -2.54. The first-order valence-electron chi connectivity index (χ1n) is 8.64. The molecule has 27 heavy (non-hydrogen) atoms. The maximum atomic E-state index is 11.3. The van der Waals surface area contributed by atoms with Crippen molar-refractivity contribution in [2.75, 3.05) is 13.7 Å². The van der Waals surface area contributed by atoms with Gasteiger partial charge in [0.2, 0.25) is 5.88 Å². The van der Waals surface area contributed by atoms with Crippen LogP contribution in [0.2, 0.25) is 0 Å². The third-order valence-corrected chi connectivity index (χ3v) is 4.84. The van der Waals surface area contributed by atoms with Crippen molar-refractivity contribution in [3.05, 3.63) is 50.8 Å². The lowest BCUT2D eigenvalue weighted by Crippen LogP contribution is -2.02. The van der Waals surface area contributed by atoms with Gasteiger partial charge in [-0.15, -0.1) is 4.91 Å². The van der Waals surface area contributed by atoms with E-state index in [1.807, 2.05) is 38.1 Å². The van der Waals surface area contributed by atoms with Crippen molar-refractivity contribution < 1.29 is 14.6 Å². The molecule has 0 spiro atoms. The molecule has 3 aromatic rings. The second kappa shape index (κ2) is 8.00. The molecule has 3 rings (SSSR count). The summed E-state index contributed by atoms with van der Waals surface area (Å²) in [5.41, 5.74) is 2.65. The third-order valence-electron chi connectivity index (χ3n) is 4.38. The number of fused-ring (bicyclic) bond motifs is 1. The lowest BCUT2D eigenvalue weighted by atomic mass is 10.1. The number of halogens is 1. The van der Waals surface area contributed by atoms with Crippen LogP contribution in [-0.2, 0) is 6.54 Å². The Bertz CT molecular complexity index is 998. The molecule has 2 aromatic carbocycles. The number of ether oxygens (including phenoxy) is 2. The summed E-state index contributed by atoms with van der Waals surface area (Å²) < 4.78 is 13.6. The van der Waals surface area contributed by atoms with Gasteiger partial charge in [0.05, 0.1) is 25.8 Å². The van der Waals surface area contributed by atoms with Crippen LogP contribution in [0.5, 0.6) is 17.4 Å². The molecule has 7 heteroatoms. The quantitative estimate of drug-likeness (QED) is 0.488. The van der Waals surface area contributed by atoms with Crippen LogP contribution in [0.25, 0.3) is 10.9 Å². The minimum absolute atomic E-state index is 0.0456. The number of aryl methyl sites for hydroxylation is 1. The zero-order chi connectivity index (χ0) is 19.6. The largest absolute Gasteiger partial charge is 0.493 e. The Morgan fingerprint density at radius 2 is 2.00 bits per heavy atom. The molecule has 6 nitrogen and oxygen atoms in total. The molecular formula is C20H21BrN2O4. The number of nitroso groups, excluding NO2 is 1. The molecule has 0 bridgehead atoms. The number of hydrogen-bond donors (Lipinski definition) is 1. The fourth-order valence-corrected chi connectivity index (χ4v) is 3.77. The van der Waals surface area contributed by atoms with Gasteiger partial charge in [0.1, 0.15) is 0 Å². The average Bonchev–Trinajstić information content (AvgIpc) is 2.91. The summed E-state index contributed by atoms with van der Waals surface area (Å²) in [6.45, 7) is 4.95. The van der Waals surface area contributed by atoms with Crippen LogP contribution >= 0.6 is 15.9 Å². The van der Waals surface area contributed by atoms with Crippen LogP contribution in [-0.4, -0.2) is 23.4 Å². The number of aromatic nitrogens is 1. The monoisotopic (exact) mass is 432 g/mol. The van der Waals surface area contributed by atoms with Gasteiger partial charge < -0.3 is 19.1 Å². The van der Waals surface area contributed by atoms with E-state index in [9.17, 15) is 10.0 Å². The lowest BCUT2D eigenvalue weighted by Gasteiger charge is -2.13. The first-order chi connectivity index (χ1) is 13.0. The van der Waals surface area contributed by atoms with Crippen molar-refractivity contribution in [3.63, 3.8) is 0 Å². The summed E-state index contributed by atoms with van der Waals surface area (Å²) in [5, 5.41) is 14.2. The Kier molecular flexibility index (Phi) is 5.70. The van der Waals surface area contributed by atoms with Gasteiger partial charge in [-0.2, -0.15) is 0 Å². The summed E-state index contributed by atoms with van der Waals surface area (Å²) in [7, 11) is 1.59. The molecule has 0 fully saturated rings. The maximum Gasteiger partial charge on any atom is 0.222 e. The van der Waals surface area contributed by atoms with Crippen molar-refractivity contribution in [1.82, 2.24) is 4.57 Å². The van der Waals surface area contributed by atoms with Crippen LogP contribution < -0.4 is 9.47 Å². The number of aromatic hydroxyl groups is 1. The number of benzene rings is 2. The van der Waals surface area contributed by atoms with Gasteiger partial charge in [0.15, 0.2) is 17.2 Å². The maximum absolute atomic E-state index is 11.3. The van der Waals surface area contributed by atoms with Gasteiger partial charge in [-0.1, -0.05) is 28.9 Å². The molecule has 1 aromatic heterocycles. The first-order valence-corrected chi connectivity index (χ1v) is 9.43. The highest BCUT2D eigenvalue weighted by Gasteiger charge is 2.20. The van der Waals surface area contributed by atoms with Crippen LogP contribution in [0, 0.1) is 11.8 Å². The smallest absolute Gasteiger partial charge is 0.222 e. The molecule has 0 aliphatic rings. The number of hydrogen-bond acceptors (Lipinski definition) is 5. The van der Waals surface area contributed by atoms with Crippen LogP contribution in [0.15, 0.2) is 40.0 Å². The predicted molar refractivity (Wildman–Crippen MR) is 109 cm³/mol. The highest BCUT2D eigenvalue weighted by molar-refractivity contribution is 9.10. The van der Waals surface area contributed by atoms with E-state index in [4.69, 9.17) is 9.47 Å².